The third kappa shape index (κ3) is 42.1. The molecule has 0 aromatic rings. The molecule has 0 aliphatic rings. The average molecular weight is 866 g/mol. The fourth-order valence-corrected chi connectivity index (χ4v) is 6.43. The molecule has 346 valence electrons. The van der Waals surface area contributed by atoms with E-state index in [0.29, 0.717) is 36.7 Å². The number of phosphoric acid groups is 1. The van der Waals surface area contributed by atoms with Gasteiger partial charge in [0.05, 0.1) is 40.0 Å². The standard InChI is InChI=1S/C48H84NO10P/c1-6-8-10-12-14-15-16-17-18-19-20-21-22-23-24-26-32-38-48(53)59-46(43-58-60(54,55)57-41-40-49(3,4)5)42-56-47(52)39-33-37-45(51)36-31-28-27-30-35-44(50)34-29-25-13-11-9-7-2/h14-15,17-18,25,27-31,35-36,44-46,50-51H,6-13,16,19-24,26,32-34,37-43H2,1-5H3/b15-14-,18-17-,28-27+,29-25-,35-30+,36-31-/t44-,45-,46-/m1/s1. The van der Waals surface area contributed by atoms with Crippen LogP contribution in [-0.2, 0) is 32.7 Å². The van der Waals surface area contributed by atoms with Gasteiger partial charge in [-0.1, -0.05) is 145 Å². The maximum absolute atomic E-state index is 12.7. The summed E-state index contributed by atoms with van der Waals surface area (Å²) in [7, 11) is 1.01. The van der Waals surface area contributed by atoms with Crippen molar-refractivity contribution in [1.29, 1.82) is 0 Å². The maximum Gasteiger partial charge on any atom is 0.306 e. The highest BCUT2D eigenvalue weighted by atomic mass is 31.2. The Morgan fingerprint density at radius 3 is 1.77 bits per heavy atom. The van der Waals surface area contributed by atoms with E-state index in [2.05, 4.69) is 44.2 Å². The van der Waals surface area contributed by atoms with E-state index in [1.165, 1.54) is 57.8 Å². The summed E-state index contributed by atoms with van der Waals surface area (Å²) in [6, 6.07) is 0. The quantitative estimate of drug-likeness (QED) is 0.0152. The summed E-state index contributed by atoms with van der Waals surface area (Å²) in [4.78, 5) is 37.6. The maximum atomic E-state index is 12.7. The lowest BCUT2D eigenvalue weighted by Gasteiger charge is -2.28. The van der Waals surface area contributed by atoms with Crippen LogP contribution in [0.25, 0.3) is 0 Å². The molecule has 0 saturated heterocycles. The molecule has 4 atom stereocenters. The molecule has 11 nitrogen and oxygen atoms in total. The van der Waals surface area contributed by atoms with Crippen molar-refractivity contribution >= 4 is 19.8 Å². The molecule has 0 aromatic carbocycles. The minimum atomic E-state index is -4.69. The van der Waals surface area contributed by atoms with Gasteiger partial charge in [-0.25, -0.2) is 0 Å². The second-order valence-corrected chi connectivity index (χ2v) is 17.9. The zero-order valence-corrected chi connectivity index (χ0v) is 39.0. The molecular weight excluding hydrogens is 781 g/mol. The number of hydrogen-bond acceptors (Lipinski definition) is 10. The first-order valence-corrected chi connectivity index (χ1v) is 24.3. The van der Waals surface area contributed by atoms with Crippen LogP contribution in [0.2, 0.25) is 0 Å². The number of rotatable bonds is 40. The van der Waals surface area contributed by atoms with Crippen molar-refractivity contribution in [2.75, 3.05) is 47.5 Å². The number of hydrogen-bond donors (Lipinski definition) is 2. The highest BCUT2D eigenvalue weighted by molar-refractivity contribution is 7.45. The van der Waals surface area contributed by atoms with Crippen LogP contribution >= 0.6 is 7.82 Å². The first-order chi connectivity index (χ1) is 28.8. The largest absolute Gasteiger partial charge is 0.756 e. The van der Waals surface area contributed by atoms with E-state index >= 15 is 0 Å². The van der Waals surface area contributed by atoms with Crippen LogP contribution in [0.4, 0.5) is 0 Å². The smallest absolute Gasteiger partial charge is 0.306 e. The summed E-state index contributed by atoms with van der Waals surface area (Å²) in [5.74, 6) is -1.09. The number of aliphatic hydroxyl groups excluding tert-OH is 2. The van der Waals surface area contributed by atoms with Gasteiger partial charge in [0.15, 0.2) is 6.10 Å². The van der Waals surface area contributed by atoms with E-state index in [1.54, 1.807) is 36.5 Å². The number of nitrogens with zero attached hydrogens (tertiary/aromatic N) is 1. The topological polar surface area (TPSA) is 152 Å². The average Bonchev–Trinajstić information content (AvgIpc) is 3.19. The molecule has 0 saturated carbocycles. The molecule has 0 aliphatic carbocycles. The molecular formula is C48H84NO10P. The van der Waals surface area contributed by atoms with Crippen molar-refractivity contribution in [3.63, 3.8) is 0 Å². The van der Waals surface area contributed by atoms with Gasteiger partial charge in [0.2, 0.25) is 0 Å². The number of aliphatic hydroxyl groups is 2. The lowest BCUT2D eigenvalue weighted by Crippen LogP contribution is -2.37. The number of carbonyl (C=O) groups is 2. The molecule has 0 aliphatic heterocycles. The highest BCUT2D eigenvalue weighted by Crippen LogP contribution is 2.38. The number of carbonyl (C=O) groups excluding carboxylic acids is 2. The summed E-state index contributed by atoms with van der Waals surface area (Å²) in [6.45, 7) is 3.83. The predicted octanol–water partition coefficient (Wildman–Crippen LogP) is 10.3. The fraction of sp³-hybridized carbons (Fsp3) is 0.708. The zero-order chi connectivity index (χ0) is 44.6. The SMILES string of the molecule is CCCCC/C=C\C/C=C\CCCCCCCCCC(=O)O[C@H](COC(=O)CCC[C@H](O)\C=C/C=C/C=C/[C@H](O)C/C=C\CCCCC)COP(=O)([O-])OCC[N+](C)(C)C. The number of phosphoric ester groups is 1. The fourth-order valence-electron chi connectivity index (χ4n) is 5.70. The molecule has 0 fully saturated rings. The highest BCUT2D eigenvalue weighted by Gasteiger charge is 2.22. The van der Waals surface area contributed by atoms with Crippen LogP contribution in [0.1, 0.15) is 155 Å². The lowest BCUT2D eigenvalue weighted by atomic mass is 10.1. The minimum absolute atomic E-state index is 0.0116. The predicted molar refractivity (Wildman–Crippen MR) is 243 cm³/mol. The Balaban J connectivity index is 4.61. The normalized spacial score (nSPS) is 15.3. The number of unbranched alkanes of at least 4 members (excludes halogenated alkanes) is 13. The Morgan fingerprint density at radius 1 is 0.633 bits per heavy atom. The van der Waals surface area contributed by atoms with Gasteiger partial charge < -0.3 is 38.1 Å². The lowest BCUT2D eigenvalue weighted by molar-refractivity contribution is -0.870. The third-order valence-electron chi connectivity index (χ3n) is 9.39. The van der Waals surface area contributed by atoms with Crippen LogP contribution < -0.4 is 4.89 Å². The number of quaternary nitrogens is 1. The van der Waals surface area contributed by atoms with Gasteiger partial charge in [-0.15, -0.1) is 0 Å². The van der Waals surface area contributed by atoms with E-state index in [1.807, 2.05) is 27.2 Å². The number of ether oxygens (including phenoxy) is 2. The molecule has 12 heteroatoms. The Labute approximate surface area is 364 Å². The van der Waals surface area contributed by atoms with Gasteiger partial charge in [-0.3, -0.25) is 14.2 Å². The van der Waals surface area contributed by atoms with Crippen molar-refractivity contribution in [2.24, 2.45) is 0 Å². The molecule has 2 N–H and O–H groups in total. The molecule has 0 spiro atoms. The summed E-state index contributed by atoms with van der Waals surface area (Å²) in [6.07, 6.45) is 41.3. The number of likely N-dealkylation sites (N-methyl/N-ethyl adjacent to an activating group) is 1. The summed E-state index contributed by atoms with van der Waals surface area (Å²) in [5, 5.41) is 20.3. The molecule has 0 rings (SSSR count). The van der Waals surface area contributed by atoms with Crippen molar-refractivity contribution in [2.45, 2.75) is 173 Å². The van der Waals surface area contributed by atoms with E-state index in [9.17, 15) is 29.3 Å². The zero-order valence-electron chi connectivity index (χ0n) is 38.1. The Bertz CT molecular complexity index is 1290. The summed E-state index contributed by atoms with van der Waals surface area (Å²) in [5.41, 5.74) is 0. The van der Waals surface area contributed by atoms with Gasteiger partial charge in [0, 0.05) is 12.8 Å². The van der Waals surface area contributed by atoms with Crippen molar-refractivity contribution in [3.05, 3.63) is 72.9 Å². The summed E-state index contributed by atoms with van der Waals surface area (Å²) >= 11 is 0. The first kappa shape index (κ1) is 57.4. The van der Waals surface area contributed by atoms with Crippen LogP contribution in [0.15, 0.2) is 72.9 Å². The first-order valence-electron chi connectivity index (χ1n) is 22.9. The molecule has 0 heterocycles. The Kier molecular flexibility index (Phi) is 37.5. The van der Waals surface area contributed by atoms with Gasteiger partial charge >= 0.3 is 11.9 Å². The molecule has 0 bridgehead atoms. The molecule has 0 radical (unpaired) electrons. The molecule has 1 unspecified atom stereocenters. The Hall–Kier alpha value is -2.63. The van der Waals surface area contributed by atoms with Crippen LogP contribution in [0.5, 0.6) is 0 Å². The van der Waals surface area contributed by atoms with Gasteiger partial charge in [0.25, 0.3) is 7.82 Å². The number of esters is 2. The van der Waals surface area contributed by atoms with E-state index < -0.39 is 44.7 Å². The van der Waals surface area contributed by atoms with Crippen molar-refractivity contribution < 1.29 is 52.3 Å². The molecule has 0 aromatic heterocycles. The second kappa shape index (κ2) is 39.2. The van der Waals surface area contributed by atoms with Crippen LogP contribution in [0.3, 0.4) is 0 Å². The second-order valence-electron chi connectivity index (χ2n) is 16.5. The third-order valence-corrected chi connectivity index (χ3v) is 10.4. The van der Waals surface area contributed by atoms with Gasteiger partial charge in [-0.05, 0) is 70.6 Å². The number of allylic oxidation sites excluding steroid dienone is 9. The van der Waals surface area contributed by atoms with Gasteiger partial charge in [-0.2, -0.15) is 0 Å². The van der Waals surface area contributed by atoms with Crippen molar-refractivity contribution in [3.8, 4) is 0 Å². The van der Waals surface area contributed by atoms with Crippen LogP contribution in [0, 0.1) is 0 Å². The molecule has 0 amide bonds. The van der Waals surface area contributed by atoms with Crippen molar-refractivity contribution in [1.82, 2.24) is 0 Å². The minimum Gasteiger partial charge on any atom is -0.756 e. The van der Waals surface area contributed by atoms with Crippen LogP contribution in [-0.4, -0.2) is 92.5 Å². The van der Waals surface area contributed by atoms with E-state index in [0.717, 1.165) is 44.9 Å². The summed E-state index contributed by atoms with van der Waals surface area (Å²) < 4.78 is 33.7. The van der Waals surface area contributed by atoms with Gasteiger partial charge in [0.1, 0.15) is 19.8 Å². The van der Waals surface area contributed by atoms with E-state index in [4.69, 9.17) is 18.5 Å². The van der Waals surface area contributed by atoms with E-state index in [-0.39, 0.29) is 26.1 Å². The molecule has 60 heavy (non-hydrogen) atoms. The Morgan fingerprint density at radius 2 is 1.17 bits per heavy atom. The monoisotopic (exact) mass is 866 g/mol.